The normalized spacial score (nSPS) is 21.5. The topological polar surface area (TPSA) is 60.2 Å². The Morgan fingerprint density at radius 3 is 2.65 bits per heavy atom. The van der Waals surface area contributed by atoms with E-state index in [1.54, 1.807) is 7.11 Å². The number of methoxy groups -OCH3 is 1. The molecule has 1 atom stereocenters. The molecule has 1 aliphatic heterocycles. The summed E-state index contributed by atoms with van der Waals surface area (Å²) in [5.41, 5.74) is 0.892. The van der Waals surface area contributed by atoms with E-state index in [1.807, 2.05) is 24.3 Å². The third-order valence-electron chi connectivity index (χ3n) is 3.66. The van der Waals surface area contributed by atoms with Gasteiger partial charge in [0.1, 0.15) is 5.75 Å². The maximum atomic E-state index is 5.43. The molecule has 0 radical (unpaired) electrons. The van der Waals surface area contributed by atoms with Crippen molar-refractivity contribution in [1.29, 1.82) is 0 Å². The summed E-state index contributed by atoms with van der Waals surface area (Å²) in [6, 6.07) is 7.65. The minimum absolute atomic E-state index is 0. The van der Waals surface area contributed by atoms with E-state index < -0.39 is 0 Å². The smallest absolute Gasteiger partial charge is 0.234 e. The van der Waals surface area contributed by atoms with E-state index in [0.29, 0.717) is 11.7 Å². The summed E-state index contributed by atoms with van der Waals surface area (Å²) in [6.45, 7) is 4.03. The van der Waals surface area contributed by atoms with Crippen LogP contribution in [0, 0.1) is 0 Å². The van der Waals surface area contributed by atoms with Gasteiger partial charge in [0.05, 0.1) is 12.5 Å². The van der Waals surface area contributed by atoms with Crippen molar-refractivity contribution >= 4 is 12.4 Å². The first-order valence-corrected chi connectivity index (χ1v) is 6.41. The van der Waals surface area contributed by atoms with Crippen molar-refractivity contribution in [1.82, 2.24) is 15.5 Å². The molecule has 5 nitrogen and oxygen atoms in total. The Morgan fingerprint density at radius 1 is 1.30 bits per heavy atom. The standard InChI is InChI=1S/C14H17N3O2.ClH/c1-14(7-8-15-9-14)13-16-12(17-19-13)10-3-5-11(18-2)6-4-10;/h3-6,15H,7-9H2,1-2H3;1H. The van der Waals surface area contributed by atoms with Gasteiger partial charge in [-0.15, -0.1) is 12.4 Å². The van der Waals surface area contributed by atoms with Crippen LogP contribution in [0.2, 0.25) is 0 Å². The second-order valence-electron chi connectivity index (χ2n) is 5.14. The first kappa shape index (κ1) is 14.8. The Balaban J connectivity index is 0.00000147. The predicted octanol–water partition coefficient (Wildman–Crippen LogP) is 2.42. The van der Waals surface area contributed by atoms with Crippen molar-refractivity contribution in [3.8, 4) is 17.1 Å². The van der Waals surface area contributed by atoms with Crippen LogP contribution in [-0.2, 0) is 5.41 Å². The third kappa shape index (κ3) is 2.64. The molecule has 0 spiro atoms. The molecular weight excluding hydrogens is 278 g/mol. The lowest BCUT2D eigenvalue weighted by Gasteiger charge is -2.15. The average Bonchev–Trinajstić information content (AvgIpc) is 3.08. The van der Waals surface area contributed by atoms with E-state index in [1.165, 1.54) is 0 Å². The maximum absolute atomic E-state index is 5.43. The van der Waals surface area contributed by atoms with Gasteiger partial charge in [-0.2, -0.15) is 4.98 Å². The highest BCUT2D eigenvalue weighted by molar-refractivity contribution is 5.85. The molecule has 6 heteroatoms. The molecule has 1 aromatic heterocycles. The zero-order valence-corrected chi connectivity index (χ0v) is 12.4. The van der Waals surface area contributed by atoms with Crippen LogP contribution in [0.4, 0.5) is 0 Å². The van der Waals surface area contributed by atoms with Crippen LogP contribution >= 0.6 is 12.4 Å². The Labute approximate surface area is 124 Å². The quantitative estimate of drug-likeness (QED) is 0.942. The van der Waals surface area contributed by atoms with Crippen LogP contribution in [0.1, 0.15) is 19.2 Å². The van der Waals surface area contributed by atoms with E-state index >= 15 is 0 Å². The molecule has 1 fully saturated rings. The molecule has 1 saturated heterocycles. The van der Waals surface area contributed by atoms with Gasteiger partial charge in [0.25, 0.3) is 0 Å². The van der Waals surface area contributed by atoms with Crippen molar-refractivity contribution in [2.75, 3.05) is 20.2 Å². The summed E-state index contributed by atoms with van der Waals surface area (Å²) in [5, 5.41) is 7.41. The number of hydrogen-bond donors (Lipinski definition) is 1. The molecule has 2 heterocycles. The van der Waals surface area contributed by atoms with Gasteiger partial charge in [-0.3, -0.25) is 0 Å². The summed E-state index contributed by atoms with van der Waals surface area (Å²) < 4.78 is 10.6. The molecule has 2 aromatic rings. The zero-order valence-electron chi connectivity index (χ0n) is 11.5. The van der Waals surface area contributed by atoms with E-state index in [0.717, 1.165) is 30.8 Å². The zero-order chi connectivity index (χ0) is 13.3. The number of rotatable bonds is 3. The summed E-state index contributed by atoms with van der Waals surface area (Å²) in [6.07, 6.45) is 1.03. The Morgan fingerprint density at radius 2 is 2.05 bits per heavy atom. The summed E-state index contributed by atoms with van der Waals surface area (Å²) in [5.74, 6) is 2.16. The molecule has 108 valence electrons. The van der Waals surface area contributed by atoms with E-state index in [4.69, 9.17) is 9.26 Å². The molecule has 0 saturated carbocycles. The van der Waals surface area contributed by atoms with Crippen LogP contribution in [-0.4, -0.2) is 30.3 Å². The Hall–Kier alpha value is -1.59. The number of nitrogens with zero attached hydrogens (tertiary/aromatic N) is 2. The van der Waals surface area contributed by atoms with Gasteiger partial charge >= 0.3 is 0 Å². The first-order valence-electron chi connectivity index (χ1n) is 6.41. The number of ether oxygens (including phenoxy) is 1. The highest BCUT2D eigenvalue weighted by atomic mass is 35.5. The van der Waals surface area contributed by atoms with Crippen LogP contribution in [0.5, 0.6) is 5.75 Å². The molecule has 20 heavy (non-hydrogen) atoms. The van der Waals surface area contributed by atoms with Crippen LogP contribution in [0.25, 0.3) is 11.4 Å². The maximum Gasteiger partial charge on any atom is 0.234 e. The summed E-state index contributed by atoms with van der Waals surface area (Å²) in [4.78, 5) is 4.53. The number of benzene rings is 1. The molecule has 0 aliphatic carbocycles. The molecule has 3 rings (SSSR count). The molecule has 1 N–H and O–H groups in total. The molecule has 1 aromatic carbocycles. The Bertz CT molecular complexity index is 562. The van der Waals surface area contributed by atoms with Crippen molar-refractivity contribution in [3.63, 3.8) is 0 Å². The lowest BCUT2D eigenvalue weighted by molar-refractivity contribution is 0.306. The highest BCUT2D eigenvalue weighted by Crippen LogP contribution is 2.30. The highest BCUT2D eigenvalue weighted by Gasteiger charge is 2.36. The third-order valence-corrected chi connectivity index (χ3v) is 3.66. The van der Waals surface area contributed by atoms with E-state index in [2.05, 4.69) is 22.4 Å². The lowest BCUT2D eigenvalue weighted by atomic mass is 9.90. The fourth-order valence-electron chi connectivity index (χ4n) is 2.33. The minimum Gasteiger partial charge on any atom is -0.497 e. The first-order chi connectivity index (χ1) is 9.21. The van der Waals surface area contributed by atoms with Crippen molar-refractivity contribution < 1.29 is 9.26 Å². The second kappa shape index (κ2) is 5.81. The van der Waals surface area contributed by atoms with Crippen LogP contribution < -0.4 is 10.1 Å². The molecular formula is C14H18ClN3O2. The number of halogens is 1. The number of aromatic nitrogens is 2. The molecule has 0 bridgehead atoms. The van der Waals surface area contributed by atoms with Crippen molar-refractivity contribution in [2.24, 2.45) is 0 Å². The lowest BCUT2D eigenvalue weighted by Crippen LogP contribution is -2.25. The monoisotopic (exact) mass is 295 g/mol. The molecule has 0 amide bonds. The van der Waals surface area contributed by atoms with Gasteiger partial charge in [-0.05, 0) is 44.2 Å². The SMILES string of the molecule is COc1ccc(-c2noc(C3(C)CCNC3)n2)cc1.Cl. The number of nitrogens with one attached hydrogen (secondary N) is 1. The molecule has 1 unspecified atom stereocenters. The summed E-state index contributed by atoms with van der Waals surface area (Å²) >= 11 is 0. The summed E-state index contributed by atoms with van der Waals surface area (Å²) in [7, 11) is 1.65. The van der Waals surface area contributed by atoms with E-state index in [-0.39, 0.29) is 17.8 Å². The van der Waals surface area contributed by atoms with Gasteiger partial charge in [0.15, 0.2) is 0 Å². The Kier molecular flexibility index (Phi) is 4.30. The predicted molar refractivity (Wildman–Crippen MR) is 78.4 cm³/mol. The van der Waals surface area contributed by atoms with Crippen LogP contribution in [0.15, 0.2) is 28.8 Å². The van der Waals surface area contributed by atoms with Gasteiger partial charge in [0, 0.05) is 12.1 Å². The number of hydrogen-bond acceptors (Lipinski definition) is 5. The van der Waals surface area contributed by atoms with Gasteiger partial charge in [0.2, 0.25) is 11.7 Å². The molecule has 1 aliphatic rings. The van der Waals surface area contributed by atoms with Crippen molar-refractivity contribution in [2.45, 2.75) is 18.8 Å². The van der Waals surface area contributed by atoms with Gasteiger partial charge < -0.3 is 14.6 Å². The fourth-order valence-corrected chi connectivity index (χ4v) is 2.33. The minimum atomic E-state index is -0.0439. The fraction of sp³-hybridized carbons (Fsp3) is 0.429. The van der Waals surface area contributed by atoms with Crippen LogP contribution in [0.3, 0.4) is 0 Å². The van der Waals surface area contributed by atoms with E-state index in [9.17, 15) is 0 Å². The van der Waals surface area contributed by atoms with Gasteiger partial charge in [-0.25, -0.2) is 0 Å². The van der Waals surface area contributed by atoms with Crippen molar-refractivity contribution in [3.05, 3.63) is 30.2 Å². The van der Waals surface area contributed by atoms with Gasteiger partial charge in [-0.1, -0.05) is 5.16 Å². The average molecular weight is 296 g/mol. The second-order valence-corrected chi connectivity index (χ2v) is 5.14. The largest absolute Gasteiger partial charge is 0.497 e.